The molecule has 23 heavy (non-hydrogen) atoms. The maximum atomic E-state index is 12.1. The molecular weight excluding hydrogens is 302 g/mol. The van der Waals surface area contributed by atoms with Gasteiger partial charge in [0.1, 0.15) is 6.54 Å². The van der Waals surface area contributed by atoms with Crippen LogP contribution >= 0.6 is 0 Å². The predicted octanol–water partition coefficient (Wildman–Crippen LogP) is -1.37. The second-order valence-electron chi connectivity index (χ2n) is 5.68. The highest BCUT2D eigenvalue weighted by Crippen LogP contribution is 2.07. The summed E-state index contributed by atoms with van der Waals surface area (Å²) in [5.74, 6) is -1.74. The normalized spacial score (nSPS) is 14.9. The maximum Gasteiger partial charge on any atom is 0.319 e. The summed E-state index contributed by atoms with van der Waals surface area (Å²) in [4.78, 5) is 34.5. The number of carbonyl (C=O) groups excluding carboxylic acids is 2. The van der Waals surface area contributed by atoms with Gasteiger partial charge in [0, 0.05) is 19.5 Å². The average Bonchev–Trinajstić information content (AvgIpc) is 2.44. The number of nitrogens with one attached hydrogen (secondary N) is 2. The molecule has 9 nitrogen and oxygen atoms in total. The summed E-state index contributed by atoms with van der Waals surface area (Å²) in [6.45, 7) is 3.82. The maximum absolute atomic E-state index is 12.1. The minimum absolute atomic E-state index is 0.000124. The quantitative estimate of drug-likeness (QED) is 0.293. The van der Waals surface area contributed by atoms with E-state index in [0.717, 1.165) is 11.4 Å². The first kappa shape index (κ1) is 21.3. The van der Waals surface area contributed by atoms with Gasteiger partial charge in [0.15, 0.2) is 0 Å². The summed E-state index contributed by atoms with van der Waals surface area (Å²) in [5.41, 5.74) is 13.8. The van der Waals surface area contributed by atoms with E-state index >= 15 is 0 Å². The molecule has 0 aromatic carbocycles. The van der Waals surface area contributed by atoms with Crippen molar-refractivity contribution in [1.29, 1.82) is 0 Å². The fraction of sp³-hybridized carbons (Fsp3) is 0.786. The second kappa shape index (κ2) is 10.9. The van der Waals surface area contributed by atoms with Crippen molar-refractivity contribution in [1.82, 2.24) is 15.8 Å². The van der Waals surface area contributed by atoms with Crippen LogP contribution in [0.2, 0.25) is 0 Å². The second-order valence-corrected chi connectivity index (χ2v) is 5.68. The van der Waals surface area contributed by atoms with Gasteiger partial charge in [-0.1, -0.05) is 20.3 Å². The Hall–Kier alpha value is -1.71. The molecule has 7 N–H and O–H groups in total. The van der Waals surface area contributed by atoms with Crippen LogP contribution in [0.15, 0.2) is 0 Å². The Balaban J connectivity index is 4.53. The van der Waals surface area contributed by atoms with Gasteiger partial charge in [-0.3, -0.25) is 19.8 Å². The van der Waals surface area contributed by atoms with E-state index in [1.54, 1.807) is 0 Å². The lowest BCUT2D eigenvalue weighted by atomic mass is 9.98. The molecule has 2 amide bonds. The highest BCUT2D eigenvalue weighted by Gasteiger charge is 2.23. The monoisotopic (exact) mass is 331 g/mol. The summed E-state index contributed by atoms with van der Waals surface area (Å²) in [5, 5.41) is 12.5. The van der Waals surface area contributed by atoms with Crippen LogP contribution in [0, 0.1) is 5.92 Å². The van der Waals surface area contributed by atoms with Gasteiger partial charge < -0.3 is 21.9 Å². The van der Waals surface area contributed by atoms with Crippen molar-refractivity contribution in [3.8, 4) is 0 Å². The molecule has 0 radical (unpaired) electrons. The zero-order valence-electron chi connectivity index (χ0n) is 14.0. The molecule has 0 saturated carbocycles. The smallest absolute Gasteiger partial charge is 0.319 e. The SMILES string of the molecule is CC[C@H](C)[C@H](N)C(=O)N[C@@H](CCN)CC(=O)NN(C)CC(=O)O. The topological polar surface area (TPSA) is 151 Å². The van der Waals surface area contributed by atoms with Gasteiger partial charge in [-0.25, -0.2) is 5.01 Å². The van der Waals surface area contributed by atoms with Crippen LogP contribution in [0.4, 0.5) is 0 Å². The molecule has 0 aromatic heterocycles. The van der Waals surface area contributed by atoms with Crippen molar-refractivity contribution in [3.63, 3.8) is 0 Å². The molecule has 3 atom stereocenters. The molecule has 0 fully saturated rings. The lowest BCUT2D eigenvalue weighted by molar-refractivity contribution is -0.139. The first-order chi connectivity index (χ1) is 10.7. The molecule has 0 bridgehead atoms. The van der Waals surface area contributed by atoms with E-state index in [-0.39, 0.29) is 24.8 Å². The number of nitrogens with two attached hydrogens (primary N) is 2. The van der Waals surface area contributed by atoms with Crippen LogP contribution in [-0.4, -0.2) is 60.1 Å². The fourth-order valence-electron chi connectivity index (χ4n) is 1.96. The van der Waals surface area contributed by atoms with Crippen molar-refractivity contribution in [3.05, 3.63) is 0 Å². The highest BCUT2D eigenvalue weighted by atomic mass is 16.4. The van der Waals surface area contributed by atoms with Crippen LogP contribution in [0.5, 0.6) is 0 Å². The third-order valence-corrected chi connectivity index (χ3v) is 3.54. The number of carboxylic acids is 1. The summed E-state index contributed by atoms with van der Waals surface area (Å²) >= 11 is 0. The number of amides is 2. The molecular formula is C14H29N5O4. The van der Waals surface area contributed by atoms with Crippen molar-refractivity contribution in [2.45, 2.75) is 45.2 Å². The number of nitrogens with zero attached hydrogens (tertiary/aromatic N) is 1. The van der Waals surface area contributed by atoms with E-state index in [1.165, 1.54) is 7.05 Å². The molecule has 0 saturated heterocycles. The van der Waals surface area contributed by atoms with Gasteiger partial charge >= 0.3 is 5.97 Å². The van der Waals surface area contributed by atoms with E-state index in [9.17, 15) is 14.4 Å². The Morgan fingerprint density at radius 3 is 2.39 bits per heavy atom. The van der Waals surface area contributed by atoms with Gasteiger partial charge in [0.05, 0.1) is 6.04 Å². The summed E-state index contributed by atoms with van der Waals surface area (Å²) in [6, 6.07) is -1.08. The van der Waals surface area contributed by atoms with Gasteiger partial charge in [-0.2, -0.15) is 0 Å². The predicted molar refractivity (Wildman–Crippen MR) is 86.1 cm³/mol. The van der Waals surface area contributed by atoms with Gasteiger partial charge in [0.25, 0.3) is 0 Å². The minimum Gasteiger partial charge on any atom is -0.480 e. The number of likely N-dealkylation sites (N-methyl/N-ethyl adjacent to an activating group) is 1. The first-order valence-corrected chi connectivity index (χ1v) is 7.69. The first-order valence-electron chi connectivity index (χ1n) is 7.69. The molecule has 0 rings (SSSR count). The van der Waals surface area contributed by atoms with E-state index in [0.29, 0.717) is 13.0 Å². The molecule has 134 valence electrons. The molecule has 0 aromatic rings. The van der Waals surface area contributed by atoms with Gasteiger partial charge in [-0.05, 0) is 18.9 Å². The minimum atomic E-state index is -1.06. The highest BCUT2D eigenvalue weighted by molar-refractivity contribution is 5.83. The van der Waals surface area contributed by atoms with Crippen molar-refractivity contribution >= 4 is 17.8 Å². The van der Waals surface area contributed by atoms with Gasteiger partial charge in [-0.15, -0.1) is 0 Å². The number of carbonyl (C=O) groups is 3. The Bertz CT molecular complexity index is 405. The zero-order chi connectivity index (χ0) is 18.0. The molecule has 0 heterocycles. The molecule has 0 aliphatic heterocycles. The summed E-state index contributed by atoms with van der Waals surface area (Å²) in [7, 11) is 1.45. The largest absolute Gasteiger partial charge is 0.480 e. The van der Waals surface area contributed by atoms with Gasteiger partial charge in [0.2, 0.25) is 11.8 Å². The lowest BCUT2D eigenvalue weighted by Crippen LogP contribution is -2.51. The molecule has 0 unspecified atom stereocenters. The Kier molecular flexibility index (Phi) is 10.1. The number of hydrogen-bond acceptors (Lipinski definition) is 6. The van der Waals surface area contributed by atoms with Crippen LogP contribution in [0.3, 0.4) is 0 Å². The molecule has 9 heteroatoms. The van der Waals surface area contributed by atoms with Crippen LogP contribution in [-0.2, 0) is 14.4 Å². The lowest BCUT2D eigenvalue weighted by Gasteiger charge is -2.24. The third kappa shape index (κ3) is 9.11. The van der Waals surface area contributed by atoms with Crippen LogP contribution in [0.25, 0.3) is 0 Å². The van der Waals surface area contributed by atoms with E-state index < -0.39 is 24.0 Å². The number of carboxylic acid groups (broad SMARTS) is 1. The van der Waals surface area contributed by atoms with Crippen molar-refractivity contribution < 1.29 is 19.5 Å². The number of hydrazine groups is 1. The molecule has 0 aliphatic carbocycles. The third-order valence-electron chi connectivity index (χ3n) is 3.54. The van der Waals surface area contributed by atoms with E-state index in [1.807, 2.05) is 13.8 Å². The van der Waals surface area contributed by atoms with E-state index in [4.69, 9.17) is 16.6 Å². The number of aliphatic carboxylic acids is 1. The molecule has 0 aliphatic rings. The number of hydrogen-bond donors (Lipinski definition) is 5. The van der Waals surface area contributed by atoms with E-state index in [2.05, 4.69) is 10.7 Å². The Morgan fingerprint density at radius 1 is 1.30 bits per heavy atom. The van der Waals surface area contributed by atoms with Crippen LogP contribution < -0.4 is 22.2 Å². The average molecular weight is 331 g/mol. The number of rotatable bonds is 11. The zero-order valence-corrected chi connectivity index (χ0v) is 14.0. The Morgan fingerprint density at radius 2 is 1.91 bits per heavy atom. The standard InChI is InChI=1S/C14H29N5O4/c1-4-9(2)13(16)14(23)17-10(5-6-15)7-11(20)18-19(3)8-12(21)22/h9-10,13H,4-8,15-16H2,1-3H3,(H,17,23)(H,18,20)(H,21,22)/t9-,10-,13-/m0/s1. The van der Waals surface area contributed by atoms with Crippen molar-refractivity contribution in [2.75, 3.05) is 20.1 Å². The molecule has 0 spiro atoms. The van der Waals surface area contributed by atoms with Crippen LogP contribution in [0.1, 0.15) is 33.1 Å². The Labute approximate surface area is 136 Å². The summed E-state index contributed by atoms with van der Waals surface area (Å²) in [6.07, 6.45) is 1.20. The fourth-order valence-corrected chi connectivity index (χ4v) is 1.96. The van der Waals surface area contributed by atoms with Crippen molar-refractivity contribution in [2.24, 2.45) is 17.4 Å². The summed E-state index contributed by atoms with van der Waals surface area (Å²) < 4.78 is 0.